The number of aryl methyl sites for hydroxylation is 2. The van der Waals surface area contributed by atoms with Crippen LogP contribution in [-0.2, 0) is 24.4 Å². The predicted molar refractivity (Wildman–Crippen MR) is 141 cm³/mol. The van der Waals surface area contributed by atoms with Crippen molar-refractivity contribution in [1.29, 1.82) is 0 Å². The highest BCUT2D eigenvalue weighted by molar-refractivity contribution is 5.97. The van der Waals surface area contributed by atoms with Gasteiger partial charge in [-0.3, -0.25) is 9.48 Å². The lowest BCUT2D eigenvalue weighted by molar-refractivity contribution is -0.140. The lowest BCUT2D eigenvalue weighted by Crippen LogP contribution is -2.16. The van der Waals surface area contributed by atoms with E-state index >= 15 is 0 Å². The molecule has 5 rings (SSSR count). The molecule has 0 amide bonds. The van der Waals surface area contributed by atoms with E-state index in [-0.39, 0.29) is 23.2 Å². The Labute approximate surface area is 219 Å². The van der Waals surface area contributed by atoms with Gasteiger partial charge in [0.05, 0.1) is 11.4 Å². The first kappa shape index (κ1) is 25.6. The van der Waals surface area contributed by atoms with Gasteiger partial charge >= 0.3 is 6.18 Å². The average Bonchev–Trinajstić information content (AvgIpc) is 3.25. The molecule has 7 heteroatoms. The molecule has 0 aliphatic carbocycles. The number of halogens is 3. The van der Waals surface area contributed by atoms with E-state index in [1.165, 1.54) is 11.7 Å². The molecule has 0 N–H and O–H groups in total. The summed E-state index contributed by atoms with van der Waals surface area (Å²) in [6.07, 6.45) is -2.92. The van der Waals surface area contributed by atoms with Crippen LogP contribution in [0, 0.1) is 11.8 Å². The Morgan fingerprint density at radius 1 is 1.16 bits per heavy atom. The minimum absolute atomic E-state index is 0.0935. The van der Waals surface area contributed by atoms with Crippen molar-refractivity contribution >= 4 is 16.7 Å². The highest BCUT2D eigenvalue weighted by atomic mass is 19.4. The molecule has 0 saturated carbocycles. The van der Waals surface area contributed by atoms with E-state index in [9.17, 15) is 18.0 Å². The van der Waals surface area contributed by atoms with Crippen LogP contribution in [0.2, 0.25) is 0 Å². The second-order valence-corrected chi connectivity index (χ2v) is 9.66. The third-order valence-corrected chi connectivity index (χ3v) is 6.96. The molecule has 2 atom stereocenters. The summed E-state index contributed by atoms with van der Waals surface area (Å²) in [6.45, 7) is 3.34. The van der Waals surface area contributed by atoms with Gasteiger partial charge in [-0.25, -0.2) is 0 Å². The van der Waals surface area contributed by atoms with E-state index in [1.54, 1.807) is 32.0 Å². The molecule has 1 aromatic heterocycles. The second-order valence-electron chi connectivity index (χ2n) is 9.66. The zero-order valence-corrected chi connectivity index (χ0v) is 21.4. The van der Waals surface area contributed by atoms with Gasteiger partial charge in [-0.1, -0.05) is 48.4 Å². The highest BCUT2D eigenvalue weighted by Gasteiger charge is 2.37. The lowest BCUT2D eigenvalue weighted by atomic mass is 9.89. The van der Waals surface area contributed by atoms with Crippen LogP contribution in [0.25, 0.3) is 22.0 Å². The van der Waals surface area contributed by atoms with Gasteiger partial charge in [0.25, 0.3) is 0 Å². The van der Waals surface area contributed by atoms with Crippen LogP contribution in [0.1, 0.15) is 61.1 Å². The third-order valence-electron chi connectivity index (χ3n) is 6.96. The normalized spacial score (nSPS) is 15.8. The van der Waals surface area contributed by atoms with Crippen LogP contribution in [0.15, 0.2) is 60.7 Å². The van der Waals surface area contributed by atoms with Crippen molar-refractivity contribution in [3.8, 4) is 28.7 Å². The van der Waals surface area contributed by atoms with Gasteiger partial charge in [0.2, 0.25) is 0 Å². The number of aromatic nitrogens is 2. The highest BCUT2D eigenvalue weighted by Crippen LogP contribution is 2.41. The lowest BCUT2D eigenvalue weighted by Gasteiger charge is -2.27. The van der Waals surface area contributed by atoms with Gasteiger partial charge in [0.1, 0.15) is 17.6 Å². The number of carbonyl (C=O) groups excluding carboxylic acids is 1. The van der Waals surface area contributed by atoms with Gasteiger partial charge in [0, 0.05) is 18.9 Å². The largest absolute Gasteiger partial charge is 0.485 e. The molecule has 2 heterocycles. The van der Waals surface area contributed by atoms with Gasteiger partial charge in [-0.15, -0.1) is 5.92 Å². The van der Waals surface area contributed by atoms with Crippen molar-refractivity contribution in [2.75, 3.05) is 0 Å². The summed E-state index contributed by atoms with van der Waals surface area (Å²) < 4.78 is 49.0. The van der Waals surface area contributed by atoms with Crippen molar-refractivity contribution in [3.63, 3.8) is 0 Å². The number of rotatable bonds is 5. The quantitative estimate of drug-likeness (QED) is 0.260. The molecular weight excluding hydrogens is 489 g/mol. The first-order valence-corrected chi connectivity index (χ1v) is 12.5. The van der Waals surface area contributed by atoms with Crippen LogP contribution in [-0.4, -0.2) is 15.6 Å². The Morgan fingerprint density at radius 3 is 2.68 bits per heavy atom. The van der Waals surface area contributed by atoms with Gasteiger partial charge in [0.15, 0.2) is 5.69 Å². The number of carbonyl (C=O) groups is 1. The molecule has 194 valence electrons. The minimum atomic E-state index is -4.56. The molecular formula is C31H27F3N2O2. The number of Topliss-reactive ketones (excluding diaryl/α,β-unsaturated/α-hetero) is 1. The summed E-state index contributed by atoms with van der Waals surface area (Å²) in [5, 5.41) is 3.87. The van der Waals surface area contributed by atoms with Crippen LogP contribution in [0.4, 0.5) is 13.2 Å². The Hall–Kier alpha value is -4.05. The van der Waals surface area contributed by atoms with Crippen molar-refractivity contribution in [1.82, 2.24) is 9.78 Å². The zero-order chi connectivity index (χ0) is 27.0. The van der Waals surface area contributed by atoms with Crippen molar-refractivity contribution < 1.29 is 22.7 Å². The van der Waals surface area contributed by atoms with E-state index in [0.717, 1.165) is 35.3 Å². The Balaban J connectivity index is 1.46. The summed E-state index contributed by atoms with van der Waals surface area (Å²) in [6, 6.07) is 18.6. The summed E-state index contributed by atoms with van der Waals surface area (Å²) >= 11 is 0. The maximum Gasteiger partial charge on any atom is 0.435 e. The topological polar surface area (TPSA) is 44.1 Å². The third kappa shape index (κ3) is 4.91. The Kier molecular flexibility index (Phi) is 6.75. The van der Waals surface area contributed by atoms with Crippen LogP contribution >= 0.6 is 0 Å². The fourth-order valence-electron chi connectivity index (χ4n) is 5.23. The monoisotopic (exact) mass is 516 g/mol. The Bertz CT molecular complexity index is 1590. The van der Waals surface area contributed by atoms with Crippen molar-refractivity contribution in [3.05, 3.63) is 83.0 Å². The molecule has 3 aromatic carbocycles. The molecule has 1 aliphatic rings. The predicted octanol–water partition coefficient (Wildman–Crippen LogP) is 7.41. The van der Waals surface area contributed by atoms with Gasteiger partial charge < -0.3 is 4.74 Å². The first-order chi connectivity index (χ1) is 18.2. The summed E-state index contributed by atoms with van der Waals surface area (Å²) in [5.41, 5.74) is 3.68. The van der Waals surface area contributed by atoms with Crippen molar-refractivity contribution in [2.24, 2.45) is 7.05 Å². The SMILES string of the molecule is CC#C[C@@H](CC(C)=O)c1ccc2c(c1)CCC(c1cccc(-c3cccc4c3c(C(F)(F)F)nn4C)c1)O2. The molecule has 0 radical (unpaired) electrons. The molecule has 0 bridgehead atoms. The summed E-state index contributed by atoms with van der Waals surface area (Å²) in [5.74, 6) is 6.78. The first-order valence-electron chi connectivity index (χ1n) is 12.5. The fraction of sp³-hybridized carbons (Fsp3) is 0.290. The number of fused-ring (bicyclic) bond motifs is 2. The van der Waals surface area contributed by atoms with E-state index < -0.39 is 11.9 Å². The Morgan fingerprint density at radius 2 is 1.95 bits per heavy atom. The van der Waals surface area contributed by atoms with Crippen LogP contribution < -0.4 is 4.74 Å². The standard InChI is InChI=1S/C31H27F3N2O2/c1-4-7-20(16-19(2)37)21-12-14-28-24(17-21)13-15-27(38-28)23-9-5-8-22(18-23)25-10-6-11-26-29(25)30(31(32,33)34)35-36(26)3/h5-6,8-12,14,17-18,20,27H,13,15-16H2,1-3H3/t20-,27?/m0/s1. The van der Waals surface area contributed by atoms with E-state index in [1.807, 2.05) is 36.4 Å². The second kappa shape index (κ2) is 10.0. The van der Waals surface area contributed by atoms with E-state index in [2.05, 4.69) is 23.0 Å². The molecule has 1 aliphatic heterocycles. The summed E-state index contributed by atoms with van der Waals surface area (Å²) in [7, 11) is 1.52. The zero-order valence-electron chi connectivity index (χ0n) is 21.4. The molecule has 0 spiro atoms. The number of ether oxygens (including phenoxy) is 1. The van der Waals surface area contributed by atoms with E-state index in [0.29, 0.717) is 23.1 Å². The maximum atomic E-state index is 13.8. The van der Waals surface area contributed by atoms with E-state index in [4.69, 9.17) is 4.74 Å². The molecule has 38 heavy (non-hydrogen) atoms. The van der Waals surface area contributed by atoms with Gasteiger partial charge in [-0.05, 0) is 72.7 Å². The van der Waals surface area contributed by atoms with Crippen molar-refractivity contribution in [2.45, 2.75) is 51.3 Å². The minimum Gasteiger partial charge on any atom is -0.485 e. The maximum absolute atomic E-state index is 13.8. The number of hydrogen-bond donors (Lipinski definition) is 0. The van der Waals surface area contributed by atoms with Crippen LogP contribution in [0.3, 0.4) is 0 Å². The number of alkyl halides is 3. The number of benzene rings is 3. The summed E-state index contributed by atoms with van der Waals surface area (Å²) in [4.78, 5) is 11.7. The number of ketones is 1. The number of nitrogens with zero attached hydrogens (tertiary/aromatic N) is 2. The smallest absolute Gasteiger partial charge is 0.435 e. The fourth-order valence-corrected chi connectivity index (χ4v) is 5.23. The molecule has 4 aromatic rings. The molecule has 1 unspecified atom stereocenters. The van der Waals surface area contributed by atoms with Gasteiger partial charge in [-0.2, -0.15) is 18.3 Å². The number of hydrogen-bond acceptors (Lipinski definition) is 3. The van der Waals surface area contributed by atoms with Crippen LogP contribution in [0.5, 0.6) is 5.75 Å². The average molecular weight is 517 g/mol. The molecule has 0 saturated heterocycles. The molecule has 4 nitrogen and oxygen atoms in total. The molecule has 0 fully saturated rings.